The van der Waals surface area contributed by atoms with E-state index in [0.717, 1.165) is 10.9 Å². The number of fused-ring (bicyclic) bond motifs is 1. The molecule has 0 fully saturated rings. The first kappa shape index (κ1) is 12.1. The molecule has 0 saturated heterocycles. The molecule has 1 aromatic carbocycles. The number of thiocarbonyl (C=S) groups is 1. The highest BCUT2D eigenvalue weighted by Gasteiger charge is 2.14. The van der Waals surface area contributed by atoms with Crippen LogP contribution in [0.5, 0.6) is 0 Å². The minimum Gasteiger partial charge on any atom is -0.477 e. The van der Waals surface area contributed by atoms with Crippen molar-refractivity contribution in [3.8, 4) is 0 Å². The molecule has 5 N–H and O–H groups in total. The van der Waals surface area contributed by atoms with Crippen molar-refractivity contribution in [3.63, 3.8) is 0 Å². The fourth-order valence-corrected chi connectivity index (χ4v) is 1.68. The number of nitrogens with zero attached hydrogens (tertiary/aromatic N) is 1. The van der Waals surface area contributed by atoms with E-state index in [2.05, 4.69) is 27.7 Å². The first-order valence-electron chi connectivity index (χ1n) is 5.02. The molecule has 2 aromatic rings. The zero-order chi connectivity index (χ0) is 13.1. The molecule has 0 amide bonds. The molecule has 92 valence electrons. The monoisotopic (exact) mass is 262 g/mol. The number of carbonyl (C=O) groups is 1. The summed E-state index contributed by atoms with van der Waals surface area (Å²) in [6.45, 7) is 0. The van der Waals surface area contributed by atoms with Crippen LogP contribution >= 0.6 is 12.2 Å². The van der Waals surface area contributed by atoms with Gasteiger partial charge in [-0.1, -0.05) is 18.2 Å². The van der Waals surface area contributed by atoms with Crippen LogP contribution < -0.4 is 11.2 Å². The van der Waals surface area contributed by atoms with E-state index in [0.29, 0.717) is 5.56 Å². The Bertz CT molecular complexity index is 648. The quantitative estimate of drug-likeness (QED) is 0.376. The van der Waals surface area contributed by atoms with Gasteiger partial charge >= 0.3 is 5.97 Å². The summed E-state index contributed by atoms with van der Waals surface area (Å²) in [6.07, 6.45) is 1.38. The number of aromatic nitrogens is 1. The third kappa shape index (κ3) is 2.30. The van der Waals surface area contributed by atoms with E-state index in [9.17, 15) is 4.79 Å². The highest BCUT2D eigenvalue weighted by molar-refractivity contribution is 7.80. The molecule has 0 bridgehead atoms. The van der Waals surface area contributed by atoms with Gasteiger partial charge in [0.2, 0.25) is 0 Å². The molecule has 0 unspecified atom stereocenters. The number of aromatic amines is 1. The van der Waals surface area contributed by atoms with Gasteiger partial charge in [-0.25, -0.2) is 4.79 Å². The summed E-state index contributed by atoms with van der Waals surface area (Å²) in [4.78, 5) is 13.9. The number of nitrogens with one attached hydrogen (secondary N) is 2. The minimum absolute atomic E-state index is 0.0166. The molecule has 0 aliphatic carbocycles. The Labute approximate surface area is 107 Å². The predicted molar refractivity (Wildman–Crippen MR) is 72.8 cm³/mol. The molecule has 0 spiro atoms. The van der Waals surface area contributed by atoms with Crippen LogP contribution in [0.3, 0.4) is 0 Å². The first-order chi connectivity index (χ1) is 8.59. The average Bonchev–Trinajstić information content (AvgIpc) is 2.68. The van der Waals surface area contributed by atoms with Gasteiger partial charge in [-0.2, -0.15) is 5.10 Å². The molecule has 18 heavy (non-hydrogen) atoms. The molecular formula is C11H10N4O2S. The second kappa shape index (κ2) is 4.84. The lowest BCUT2D eigenvalue weighted by Gasteiger charge is -1.95. The van der Waals surface area contributed by atoms with E-state index in [1.807, 2.05) is 12.1 Å². The standard InChI is InChI=1S/C11H10N4O2S/c12-11(18)15-13-5-7-6-3-1-2-4-8(6)14-9(7)10(16)17/h1-5,14H,(H,16,17)(H3,12,15,18)/b13-5-. The highest BCUT2D eigenvalue weighted by Crippen LogP contribution is 2.20. The van der Waals surface area contributed by atoms with E-state index >= 15 is 0 Å². The molecule has 2 rings (SSSR count). The number of carboxylic acids is 1. The lowest BCUT2D eigenvalue weighted by atomic mass is 10.1. The lowest BCUT2D eigenvalue weighted by molar-refractivity contribution is 0.0691. The van der Waals surface area contributed by atoms with E-state index in [-0.39, 0.29) is 10.8 Å². The van der Waals surface area contributed by atoms with Gasteiger partial charge in [0.15, 0.2) is 5.11 Å². The Hall–Kier alpha value is -2.41. The maximum atomic E-state index is 11.1. The van der Waals surface area contributed by atoms with Crippen LogP contribution in [0.4, 0.5) is 0 Å². The SMILES string of the molecule is NC(=S)N/N=C\c1c(C(=O)O)[nH]c2ccccc12. The normalized spacial score (nSPS) is 10.9. The summed E-state index contributed by atoms with van der Waals surface area (Å²) in [5, 5.41) is 13.7. The number of hydrogen-bond acceptors (Lipinski definition) is 3. The van der Waals surface area contributed by atoms with Crippen LogP contribution in [0, 0.1) is 0 Å². The molecule has 6 nitrogen and oxygen atoms in total. The molecule has 0 atom stereocenters. The van der Waals surface area contributed by atoms with Crippen molar-refractivity contribution in [3.05, 3.63) is 35.5 Å². The largest absolute Gasteiger partial charge is 0.477 e. The number of hydrogen-bond donors (Lipinski definition) is 4. The second-order valence-corrected chi connectivity index (χ2v) is 3.94. The van der Waals surface area contributed by atoms with Gasteiger partial charge < -0.3 is 15.8 Å². The Morgan fingerprint density at radius 2 is 2.22 bits per heavy atom. The van der Waals surface area contributed by atoms with Gasteiger partial charge in [-0.15, -0.1) is 0 Å². The zero-order valence-electron chi connectivity index (χ0n) is 9.18. The van der Waals surface area contributed by atoms with Crippen molar-refractivity contribution < 1.29 is 9.90 Å². The maximum Gasteiger partial charge on any atom is 0.353 e. The van der Waals surface area contributed by atoms with Crippen LogP contribution in [-0.4, -0.2) is 27.4 Å². The van der Waals surface area contributed by atoms with Crippen molar-refractivity contribution in [1.82, 2.24) is 10.4 Å². The summed E-state index contributed by atoms with van der Waals surface area (Å²) in [5.41, 5.74) is 8.89. The van der Waals surface area contributed by atoms with Crippen molar-refractivity contribution in [2.24, 2.45) is 10.8 Å². The van der Waals surface area contributed by atoms with Gasteiger partial charge in [0.05, 0.1) is 6.21 Å². The number of H-pyrrole nitrogens is 1. The fourth-order valence-electron chi connectivity index (χ4n) is 1.63. The van der Waals surface area contributed by atoms with Crippen LogP contribution in [0.15, 0.2) is 29.4 Å². The lowest BCUT2D eigenvalue weighted by Crippen LogP contribution is -2.24. The molecule has 0 aliphatic heterocycles. The summed E-state index contributed by atoms with van der Waals surface area (Å²) in [7, 11) is 0. The third-order valence-electron chi connectivity index (χ3n) is 2.33. The number of carboxylic acid groups (broad SMARTS) is 1. The highest BCUT2D eigenvalue weighted by atomic mass is 32.1. The van der Waals surface area contributed by atoms with E-state index in [1.54, 1.807) is 12.1 Å². The number of aromatic carboxylic acids is 1. The van der Waals surface area contributed by atoms with Crippen LogP contribution in [0.2, 0.25) is 0 Å². The molecule has 1 aromatic heterocycles. The Kier molecular flexibility index (Phi) is 3.24. The molecule has 1 heterocycles. The number of para-hydroxylation sites is 1. The Balaban J connectivity index is 2.51. The average molecular weight is 262 g/mol. The van der Waals surface area contributed by atoms with Crippen LogP contribution in [0.25, 0.3) is 10.9 Å². The second-order valence-electron chi connectivity index (χ2n) is 3.50. The number of hydrazone groups is 1. The molecular weight excluding hydrogens is 252 g/mol. The molecule has 0 aliphatic rings. The van der Waals surface area contributed by atoms with Gasteiger partial charge in [0, 0.05) is 16.5 Å². The number of rotatable bonds is 3. The van der Waals surface area contributed by atoms with Gasteiger partial charge in [-0.05, 0) is 18.3 Å². The number of benzene rings is 1. The minimum atomic E-state index is -1.05. The zero-order valence-corrected chi connectivity index (χ0v) is 9.99. The van der Waals surface area contributed by atoms with Gasteiger partial charge in [-0.3, -0.25) is 5.43 Å². The van der Waals surface area contributed by atoms with Gasteiger partial charge in [0.25, 0.3) is 0 Å². The fraction of sp³-hybridized carbons (Fsp3) is 0. The summed E-state index contributed by atoms with van der Waals surface area (Å²) in [6, 6.07) is 7.24. The van der Waals surface area contributed by atoms with Crippen molar-refractivity contribution >= 4 is 40.4 Å². The van der Waals surface area contributed by atoms with Gasteiger partial charge in [0.1, 0.15) is 5.69 Å². The van der Waals surface area contributed by atoms with E-state index in [1.165, 1.54) is 6.21 Å². The summed E-state index contributed by atoms with van der Waals surface area (Å²) in [5.74, 6) is -1.05. The van der Waals surface area contributed by atoms with E-state index < -0.39 is 5.97 Å². The molecule has 0 radical (unpaired) electrons. The summed E-state index contributed by atoms with van der Waals surface area (Å²) >= 11 is 4.60. The number of nitrogens with two attached hydrogens (primary N) is 1. The third-order valence-corrected chi connectivity index (χ3v) is 2.42. The Morgan fingerprint density at radius 1 is 1.50 bits per heavy atom. The molecule has 7 heteroatoms. The molecule has 0 saturated carbocycles. The topological polar surface area (TPSA) is 104 Å². The van der Waals surface area contributed by atoms with Crippen molar-refractivity contribution in [2.75, 3.05) is 0 Å². The van der Waals surface area contributed by atoms with Crippen molar-refractivity contribution in [2.45, 2.75) is 0 Å². The van der Waals surface area contributed by atoms with E-state index in [4.69, 9.17) is 10.8 Å². The smallest absolute Gasteiger partial charge is 0.353 e. The Morgan fingerprint density at radius 3 is 2.89 bits per heavy atom. The van der Waals surface area contributed by atoms with Crippen LogP contribution in [0.1, 0.15) is 16.1 Å². The van der Waals surface area contributed by atoms with Crippen LogP contribution in [-0.2, 0) is 0 Å². The first-order valence-corrected chi connectivity index (χ1v) is 5.43. The predicted octanol–water partition coefficient (Wildman–Crippen LogP) is 1.03. The maximum absolute atomic E-state index is 11.1. The van der Waals surface area contributed by atoms with Crippen molar-refractivity contribution in [1.29, 1.82) is 0 Å². The summed E-state index contributed by atoms with van der Waals surface area (Å²) < 4.78 is 0.